The molecule has 2 unspecified atom stereocenters. The van der Waals surface area contributed by atoms with Gasteiger partial charge in [0.25, 0.3) is 0 Å². The van der Waals surface area contributed by atoms with E-state index in [4.69, 9.17) is 15.2 Å². The van der Waals surface area contributed by atoms with E-state index >= 15 is 0 Å². The van der Waals surface area contributed by atoms with Crippen LogP contribution in [0.2, 0.25) is 0 Å². The van der Waals surface area contributed by atoms with E-state index in [1.165, 1.54) is 0 Å². The predicted molar refractivity (Wildman–Crippen MR) is 73.4 cm³/mol. The van der Waals surface area contributed by atoms with Crippen LogP contribution < -0.4 is 15.4 Å². The van der Waals surface area contributed by atoms with E-state index in [1.54, 1.807) is 12.4 Å². The molecule has 1 aromatic rings. The molecule has 2 atom stereocenters. The van der Waals surface area contributed by atoms with Crippen LogP contribution in [0.25, 0.3) is 0 Å². The fraction of sp³-hybridized carbons (Fsp3) is 0.692. The minimum absolute atomic E-state index is 0.0419. The normalized spacial score (nSPS) is 23.7. The Morgan fingerprint density at radius 3 is 2.95 bits per heavy atom. The zero-order valence-electron chi connectivity index (χ0n) is 11.7. The van der Waals surface area contributed by atoms with Crippen molar-refractivity contribution in [3.63, 3.8) is 0 Å². The van der Waals surface area contributed by atoms with Crippen LogP contribution in [0.1, 0.15) is 20.8 Å². The molecule has 0 aromatic carbocycles. The van der Waals surface area contributed by atoms with Crippen LogP contribution in [0, 0.1) is 0 Å². The highest BCUT2D eigenvalue weighted by atomic mass is 16.5. The average Bonchev–Trinajstić information content (AvgIpc) is 2.37. The molecule has 0 saturated carbocycles. The van der Waals surface area contributed by atoms with Crippen molar-refractivity contribution >= 4 is 5.82 Å². The Kier molecular flexibility index (Phi) is 4.55. The fourth-order valence-corrected chi connectivity index (χ4v) is 2.15. The summed E-state index contributed by atoms with van der Waals surface area (Å²) in [5.74, 6) is 1.36. The molecule has 2 N–H and O–H groups in total. The molecular formula is C13H22N4O2. The van der Waals surface area contributed by atoms with Crippen LogP contribution in [0.4, 0.5) is 5.82 Å². The van der Waals surface area contributed by atoms with Crippen molar-refractivity contribution in [2.45, 2.75) is 39.1 Å². The molecule has 2 heterocycles. The number of rotatable bonds is 4. The van der Waals surface area contributed by atoms with Gasteiger partial charge in [0, 0.05) is 19.6 Å². The van der Waals surface area contributed by atoms with Crippen LogP contribution in [0.5, 0.6) is 5.88 Å². The Labute approximate surface area is 113 Å². The Bertz CT molecular complexity index is 413. The first-order valence-electron chi connectivity index (χ1n) is 6.67. The fourth-order valence-electron chi connectivity index (χ4n) is 2.15. The Hall–Kier alpha value is -1.40. The van der Waals surface area contributed by atoms with Crippen molar-refractivity contribution < 1.29 is 9.47 Å². The zero-order valence-corrected chi connectivity index (χ0v) is 11.7. The van der Waals surface area contributed by atoms with Gasteiger partial charge < -0.3 is 20.1 Å². The average molecular weight is 266 g/mol. The van der Waals surface area contributed by atoms with E-state index in [0.717, 1.165) is 18.9 Å². The lowest BCUT2D eigenvalue weighted by Crippen LogP contribution is -2.49. The van der Waals surface area contributed by atoms with E-state index in [0.29, 0.717) is 12.4 Å². The minimum Gasteiger partial charge on any atom is -0.474 e. The second kappa shape index (κ2) is 6.16. The Morgan fingerprint density at radius 2 is 2.26 bits per heavy atom. The van der Waals surface area contributed by atoms with Gasteiger partial charge in [-0.1, -0.05) is 0 Å². The summed E-state index contributed by atoms with van der Waals surface area (Å²) in [5.41, 5.74) is 5.69. The molecule has 1 saturated heterocycles. The van der Waals surface area contributed by atoms with Crippen molar-refractivity contribution in [2.24, 2.45) is 5.73 Å². The predicted octanol–water partition coefficient (Wildman–Crippen LogP) is 0.816. The van der Waals surface area contributed by atoms with E-state index in [-0.39, 0.29) is 18.3 Å². The second-order valence-electron chi connectivity index (χ2n) is 5.09. The van der Waals surface area contributed by atoms with Crippen molar-refractivity contribution in [1.82, 2.24) is 9.97 Å². The van der Waals surface area contributed by atoms with Gasteiger partial charge in [0.2, 0.25) is 5.88 Å². The number of nitrogens with zero attached hydrogens (tertiary/aromatic N) is 3. The number of hydrogen-bond donors (Lipinski definition) is 1. The molecule has 0 amide bonds. The lowest BCUT2D eigenvalue weighted by atomic mass is 10.2. The molecule has 19 heavy (non-hydrogen) atoms. The molecule has 1 aliphatic rings. The van der Waals surface area contributed by atoms with E-state index in [1.807, 2.05) is 20.8 Å². The number of morpholine rings is 1. The third-order valence-corrected chi connectivity index (χ3v) is 2.87. The highest BCUT2D eigenvalue weighted by Crippen LogP contribution is 2.19. The first-order valence-corrected chi connectivity index (χ1v) is 6.67. The number of hydrogen-bond acceptors (Lipinski definition) is 6. The van der Waals surface area contributed by atoms with Gasteiger partial charge in [-0.2, -0.15) is 4.98 Å². The lowest BCUT2D eigenvalue weighted by Gasteiger charge is -2.36. The van der Waals surface area contributed by atoms with Gasteiger partial charge in [0.05, 0.1) is 30.7 Å². The van der Waals surface area contributed by atoms with Gasteiger partial charge in [-0.3, -0.25) is 4.98 Å². The SMILES string of the molecule is CC(C)Oc1cncc(N2CC(C)OC(CN)C2)n1. The smallest absolute Gasteiger partial charge is 0.234 e. The van der Waals surface area contributed by atoms with Crippen molar-refractivity contribution in [3.8, 4) is 5.88 Å². The number of anilines is 1. The first kappa shape index (κ1) is 14.0. The summed E-state index contributed by atoms with van der Waals surface area (Å²) in [6.45, 7) is 8.01. The van der Waals surface area contributed by atoms with Crippen LogP contribution in [-0.2, 0) is 4.74 Å². The molecule has 1 aliphatic heterocycles. The first-order chi connectivity index (χ1) is 9.08. The van der Waals surface area contributed by atoms with E-state index in [2.05, 4.69) is 14.9 Å². The highest BCUT2D eigenvalue weighted by molar-refractivity contribution is 5.38. The maximum absolute atomic E-state index is 5.74. The monoisotopic (exact) mass is 266 g/mol. The summed E-state index contributed by atoms with van der Waals surface area (Å²) in [6, 6.07) is 0. The summed E-state index contributed by atoms with van der Waals surface area (Å²) in [5, 5.41) is 0. The number of aromatic nitrogens is 2. The molecule has 6 nitrogen and oxygen atoms in total. The van der Waals surface area contributed by atoms with E-state index in [9.17, 15) is 0 Å². The molecule has 1 aromatic heterocycles. The van der Waals surface area contributed by atoms with Crippen LogP contribution in [0.15, 0.2) is 12.4 Å². The summed E-state index contributed by atoms with van der Waals surface area (Å²) in [4.78, 5) is 10.8. The van der Waals surface area contributed by atoms with Gasteiger partial charge in [-0.05, 0) is 20.8 Å². The van der Waals surface area contributed by atoms with Gasteiger partial charge in [0.1, 0.15) is 0 Å². The molecule has 0 radical (unpaired) electrons. The van der Waals surface area contributed by atoms with Gasteiger partial charge in [-0.15, -0.1) is 0 Å². The molecule has 1 fully saturated rings. The van der Waals surface area contributed by atoms with Gasteiger partial charge in [0.15, 0.2) is 5.82 Å². The van der Waals surface area contributed by atoms with Crippen molar-refractivity contribution in [3.05, 3.63) is 12.4 Å². The summed E-state index contributed by atoms with van der Waals surface area (Å²) >= 11 is 0. The quantitative estimate of drug-likeness (QED) is 0.869. The Morgan fingerprint density at radius 1 is 1.47 bits per heavy atom. The molecule has 0 aliphatic carbocycles. The molecule has 0 spiro atoms. The number of nitrogens with two attached hydrogens (primary N) is 1. The summed E-state index contributed by atoms with van der Waals surface area (Å²) < 4.78 is 11.3. The summed E-state index contributed by atoms with van der Waals surface area (Å²) in [7, 11) is 0. The maximum Gasteiger partial charge on any atom is 0.234 e. The van der Waals surface area contributed by atoms with Gasteiger partial charge >= 0.3 is 0 Å². The van der Waals surface area contributed by atoms with Crippen molar-refractivity contribution in [2.75, 3.05) is 24.5 Å². The maximum atomic E-state index is 5.74. The lowest BCUT2D eigenvalue weighted by molar-refractivity contribution is -0.0107. The highest BCUT2D eigenvalue weighted by Gasteiger charge is 2.25. The second-order valence-corrected chi connectivity index (χ2v) is 5.09. The Balaban J connectivity index is 2.11. The van der Waals surface area contributed by atoms with Crippen LogP contribution in [0.3, 0.4) is 0 Å². The molecular weight excluding hydrogens is 244 g/mol. The zero-order chi connectivity index (χ0) is 13.8. The molecule has 2 rings (SSSR count). The third-order valence-electron chi connectivity index (χ3n) is 2.87. The van der Waals surface area contributed by atoms with Gasteiger partial charge in [-0.25, -0.2) is 0 Å². The van der Waals surface area contributed by atoms with E-state index < -0.39 is 0 Å². The third kappa shape index (κ3) is 3.78. The van der Waals surface area contributed by atoms with Crippen LogP contribution >= 0.6 is 0 Å². The molecule has 6 heteroatoms. The van der Waals surface area contributed by atoms with Crippen molar-refractivity contribution in [1.29, 1.82) is 0 Å². The molecule has 0 bridgehead atoms. The topological polar surface area (TPSA) is 73.5 Å². The molecule has 106 valence electrons. The largest absolute Gasteiger partial charge is 0.474 e. The summed E-state index contributed by atoms with van der Waals surface area (Å²) in [6.07, 6.45) is 3.65. The standard InChI is InChI=1S/C13H22N4O2/c1-9(2)18-13-6-15-5-12(16-13)17-7-10(3)19-11(4-14)8-17/h5-6,9-11H,4,7-8,14H2,1-3H3. The van der Waals surface area contributed by atoms with Crippen LogP contribution in [-0.4, -0.2) is 47.9 Å². The minimum atomic E-state index is 0.0419. The number of ether oxygens (including phenoxy) is 2.